The molecule has 10 heteroatoms. The zero-order valence-corrected chi connectivity index (χ0v) is 14.8. The topological polar surface area (TPSA) is 94.8 Å². The lowest BCUT2D eigenvalue weighted by Crippen LogP contribution is -2.44. The number of ether oxygens (including phenoxy) is 1. The molecule has 7 nitrogen and oxygen atoms in total. The third-order valence-corrected chi connectivity index (χ3v) is 4.98. The van der Waals surface area contributed by atoms with Crippen molar-refractivity contribution in [1.82, 2.24) is 9.97 Å². The van der Waals surface area contributed by atoms with Gasteiger partial charge in [0.25, 0.3) is 12.4 Å². The van der Waals surface area contributed by atoms with E-state index in [0.29, 0.717) is 0 Å². The third kappa shape index (κ3) is 3.18. The minimum atomic E-state index is -3.06. The summed E-state index contributed by atoms with van der Waals surface area (Å²) in [5.74, 6) is -2.15. The number of aliphatic imine (C=N–C) groups is 1. The Morgan fingerprint density at radius 2 is 2.17 bits per heavy atom. The molecule has 4 rings (SSSR count). The van der Waals surface area contributed by atoms with Crippen molar-refractivity contribution < 1.29 is 22.7 Å². The first-order valence-electron chi connectivity index (χ1n) is 8.68. The number of amidine groups is 1. The highest BCUT2D eigenvalue weighted by atomic mass is 19.3. The first-order valence-corrected chi connectivity index (χ1v) is 8.68. The average molecular weight is 401 g/mol. The van der Waals surface area contributed by atoms with E-state index in [1.165, 1.54) is 24.4 Å². The number of rotatable bonds is 5. The van der Waals surface area contributed by atoms with E-state index in [4.69, 9.17) is 17.0 Å². The van der Waals surface area contributed by atoms with Crippen LogP contribution >= 0.6 is 0 Å². The first-order chi connectivity index (χ1) is 13.8. The lowest BCUT2D eigenvalue weighted by Gasteiger charge is -2.32. The average Bonchev–Trinajstić information content (AvgIpc) is 3.48. The van der Waals surface area contributed by atoms with Gasteiger partial charge in [-0.05, 0) is 24.6 Å². The molecule has 2 aromatic heterocycles. The molecule has 0 amide bonds. The van der Waals surface area contributed by atoms with Crippen LogP contribution in [0, 0.1) is 18.3 Å². The lowest BCUT2D eigenvalue weighted by atomic mass is 9.88. The van der Waals surface area contributed by atoms with Crippen molar-refractivity contribution in [2.24, 2.45) is 16.6 Å². The van der Waals surface area contributed by atoms with Crippen LogP contribution in [0.3, 0.4) is 0 Å². The van der Waals surface area contributed by atoms with Crippen LogP contribution in [0.15, 0.2) is 35.5 Å². The molecule has 0 radical (unpaired) electrons. The monoisotopic (exact) mass is 401 g/mol. The molecule has 1 aliphatic carbocycles. The molecule has 2 aliphatic rings. The van der Waals surface area contributed by atoms with E-state index in [9.17, 15) is 18.0 Å². The number of Topliss-reactive ketones (excluding diaryl/α,β-unsaturated/α-hetero) is 1. The molecule has 1 fully saturated rings. The van der Waals surface area contributed by atoms with Crippen molar-refractivity contribution in [3.8, 4) is 0 Å². The van der Waals surface area contributed by atoms with E-state index in [2.05, 4.69) is 19.8 Å². The number of hydrogen-bond donors (Lipinski definition) is 1. The molecule has 1 saturated carbocycles. The Hall–Kier alpha value is -3.48. The highest BCUT2D eigenvalue weighted by Crippen LogP contribution is 2.55. The zero-order chi connectivity index (χ0) is 20.8. The molecular formula is C19H14F3N5O2. The second-order valence-corrected chi connectivity index (χ2v) is 6.82. The van der Waals surface area contributed by atoms with Crippen molar-refractivity contribution in [2.75, 3.05) is 0 Å². The highest BCUT2D eigenvalue weighted by Gasteiger charge is 2.65. The minimum Gasteiger partial charge on any atom is -0.462 e. The second kappa shape index (κ2) is 6.84. The van der Waals surface area contributed by atoms with Crippen LogP contribution in [0.1, 0.15) is 28.3 Å². The van der Waals surface area contributed by atoms with Gasteiger partial charge in [-0.1, -0.05) is 6.07 Å². The van der Waals surface area contributed by atoms with E-state index < -0.39 is 47.3 Å². The van der Waals surface area contributed by atoms with Gasteiger partial charge in [-0.25, -0.2) is 23.0 Å². The van der Waals surface area contributed by atoms with Gasteiger partial charge in [-0.15, -0.1) is 0 Å². The largest absolute Gasteiger partial charge is 0.462 e. The number of aromatic nitrogens is 2. The number of carbonyl (C=O) groups is 1. The van der Waals surface area contributed by atoms with Gasteiger partial charge < -0.3 is 10.5 Å². The van der Waals surface area contributed by atoms with Gasteiger partial charge in [0.15, 0.2) is 11.3 Å². The van der Waals surface area contributed by atoms with Crippen molar-refractivity contribution >= 4 is 17.5 Å². The normalized spacial score (nSPS) is 24.9. The molecule has 1 aliphatic heterocycles. The number of pyridine rings is 2. The fourth-order valence-electron chi connectivity index (χ4n) is 3.49. The van der Waals surface area contributed by atoms with Gasteiger partial charge in [0, 0.05) is 17.8 Å². The number of alkyl halides is 2. The molecule has 0 bridgehead atoms. The third-order valence-electron chi connectivity index (χ3n) is 4.98. The van der Waals surface area contributed by atoms with Crippen LogP contribution in [0.25, 0.3) is 4.85 Å². The maximum absolute atomic E-state index is 14.5. The molecule has 0 spiro atoms. The van der Waals surface area contributed by atoms with E-state index in [1.54, 1.807) is 0 Å². The van der Waals surface area contributed by atoms with Crippen molar-refractivity contribution in [3.63, 3.8) is 0 Å². The van der Waals surface area contributed by atoms with E-state index in [-0.39, 0.29) is 29.9 Å². The Morgan fingerprint density at radius 1 is 1.38 bits per heavy atom. The predicted molar refractivity (Wildman–Crippen MR) is 95.0 cm³/mol. The lowest BCUT2D eigenvalue weighted by molar-refractivity contribution is 0.0149. The van der Waals surface area contributed by atoms with E-state index in [0.717, 1.165) is 6.07 Å². The van der Waals surface area contributed by atoms with Crippen LogP contribution in [0.2, 0.25) is 0 Å². The molecule has 2 aromatic rings. The highest BCUT2D eigenvalue weighted by molar-refractivity contribution is 5.95. The quantitative estimate of drug-likeness (QED) is 0.614. The number of ketones is 1. The van der Waals surface area contributed by atoms with Gasteiger partial charge in [0.2, 0.25) is 5.69 Å². The van der Waals surface area contributed by atoms with Crippen LogP contribution in [-0.4, -0.2) is 34.3 Å². The minimum absolute atomic E-state index is 0.0873. The number of carbonyl (C=O) groups excluding carboxylic acids is 1. The molecule has 0 saturated heterocycles. The Bertz CT molecular complexity index is 1050. The number of nitrogens with two attached hydrogens (primary N) is 1. The van der Waals surface area contributed by atoms with Crippen LogP contribution < -0.4 is 5.73 Å². The summed E-state index contributed by atoms with van der Waals surface area (Å²) in [5.41, 5.74) is 3.20. The predicted octanol–water partition coefficient (Wildman–Crippen LogP) is 2.79. The molecule has 0 aromatic carbocycles. The summed E-state index contributed by atoms with van der Waals surface area (Å²) in [6, 6.07) is 4.63. The van der Waals surface area contributed by atoms with E-state index in [1.807, 2.05) is 0 Å². The first kappa shape index (κ1) is 18.9. The SMILES string of the molecule is [C-]#[N+]c1ccc(C(=O)Cc2ccc(F)c([C@@]3(C(F)F)N=C(N)OC4C[C@@H]43)n2)nc1. The summed E-state index contributed by atoms with van der Waals surface area (Å²) in [5, 5.41) is 0. The molecule has 2 N–H and O–H groups in total. The summed E-state index contributed by atoms with van der Waals surface area (Å²) in [4.78, 5) is 27.3. The molecule has 3 atom stereocenters. The van der Waals surface area contributed by atoms with Crippen molar-refractivity contribution in [1.29, 1.82) is 0 Å². The number of halogens is 3. The van der Waals surface area contributed by atoms with Gasteiger partial charge in [0.1, 0.15) is 23.3 Å². The smallest absolute Gasteiger partial charge is 0.283 e. The van der Waals surface area contributed by atoms with Gasteiger partial charge in [-0.2, -0.15) is 0 Å². The number of nitrogens with zero attached hydrogens (tertiary/aromatic N) is 4. The van der Waals surface area contributed by atoms with Crippen LogP contribution in [0.4, 0.5) is 18.9 Å². The fraction of sp³-hybridized carbons (Fsp3) is 0.316. The summed E-state index contributed by atoms with van der Waals surface area (Å²) in [6.45, 7) is 6.89. The summed E-state index contributed by atoms with van der Waals surface area (Å²) < 4.78 is 47.9. The van der Waals surface area contributed by atoms with Gasteiger partial charge in [0.05, 0.1) is 13.0 Å². The summed E-state index contributed by atoms with van der Waals surface area (Å²) in [6.07, 6.45) is -2.38. The number of fused-ring (bicyclic) bond motifs is 1. The van der Waals surface area contributed by atoms with E-state index >= 15 is 0 Å². The van der Waals surface area contributed by atoms with Gasteiger partial charge >= 0.3 is 0 Å². The van der Waals surface area contributed by atoms with Crippen LogP contribution in [0.5, 0.6) is 0 Å². The molecule has 1 unspecified atom stereocenters. The zero-order valence-electron chi connectivity index (χ0n) is 14.8. The summed E-state index contributed by atoms with van der Waals surface area (Å²) >= 11 is 0. The maximum atomic E-state index is 14.5. The molecule has 148 valence electrons. The Labute approximate surface area is 163 Å². The standard InChI is InChI=1S/C19H14F3N5O2/c1-24-10-3-5-13(25-8-10)14(28)6-9-2-4-12(20)16(26-9)19(17(21)22)11-7-15(11)29-18(23)27-19/h2-5,8,11,15,17H,6-7H2,(H2,23,27)/t11-,15?,19-/m0/s1. The Kier molecular flexibility index (Phi) is 4.45. The second-order valence-electron chi connectivity index (χ2n) is 6.82. The number of hydrogen-bond acceptors (Lipinski definition) is 6. The molecular weight excluding hydrogens is 387 g/mol. The molecule has 29 heavy (non-hydrogen) atoms. The van der Waals surface area contributed by atoms with Crippen LogP contribution in [-0.2, 0) is 16.7 Å². The molecule has 3 heterocycles. The van der Waals surface area contributed by atoms with Gasteiger partial charge in [-0.3, -0.25) is 14.8 Å². The Balaban J connectivity index is 1.68. The van der Waals surface area contributed by atoms with Crippen molar-refractivity contribution in [3.05, 3.63) is 64.8 Å². The van der Waals surface area contributed by atoms with Crippen molar-refractivity contribution in [2.45, 2.75) is 30.9 Å². The Morgan fingerprint density at radius 3 is 2.83 bits per heavy atom. The maximum Gasteiger partial charge on any atom is 0.283 e. The summed E-state index contributed by atoms with van der Waals surface area (Å²) in [7, 11) is 0. The fourth-order valence-corrected chi connectivity index (χ4v) is 3.49.